The van der Waals surface area contributed by atoms with Crippen LogP contribution >= 0.6 is 0 Å². The number of nitrogen functional groups attached to an aromatic ring is 1. The molecular weight excluding hydrogens is 264 g/mol. The van der Waals surface area contributed by atoms with Crippen LogP contribution in [0.2, 0.25) is 0 Å². The maximum atomic E-state index is 5.68. The molecule has 1 aromatic carbocycles. The molecule has 5 nitrogen and oxygen atoms in total. The number of benzene rings is 1. The van der Waals surface area contributed by atoms with Crippen LogP contribution < -0.4 is 10.5 Å². The Morgan fingerprint density at radius 2 is 2.05 bits per heavy atom. The molecule has 3 rings (SSSR count). The van der Waals surface area contributed by atoms with Crippen LogP contribution in [0.25, 0.3) is 11.3 Å². The third-order valence-corrected chi connectivity index (χ3v) is 4.30. The lowest BCUT2D eigenvalue weighted by Gasteiger charge is -2.29. The molecule has 1 aromatic heterocycles. The van der Waals surface area contributed by atoms with Crippen LogP contribution in [0.15, 0.2) is 24.3 Å². The molecule has 0 radical (unpaired) electrons. The molecule has 21 heavy (non-hydrogen) atoms. The first-order valence-corrected chi connectivity index (χ1v) is 7.35. The fourth-order valence-corrected chi connectivity index (χ4v) is 3.00. The molecule has 0 saturated carbocycles. The molecule has 3 N–H and O–H groups in total. The van der Waals surface area contributed by atoms with Gasteiger partial charge in [0.15, 0.2) is 0 Å². The van der Waals surface area contributed by atoms with E-state index in [1.807, 2.05) is 6.07 Å². The molecule has 0 amide bonds. The summed E-state index contributed by atoms with van der Waals surface area (Å²) < 4.78 is 5.56. The van der Waals surface area contributed by atoms with Gasteiger partial charge in [0, 0.05) is 11.6 Å². The lowest BCUT2D eigenvalue weighted by molar-refractivity contribution is 0.255. The van der Waals surface area contributed by atoms with E-state index in [9.17, 15) is 0 Å². The smallest absolute Gasteiger partial charge is 0.145 e. The highest BCUT2D eigenvalue weighted by Gasteiger charge is 2.20. The van der Waals surface area contributed by atoms with E-state index in [1.54, 1.807) is 7.11 Å². The second-order valence-corrected chi connectivity index (χ2v) is 5.74. The van der Waals surface area contributed by atoms with Crippen LogP contribution in [0.1, 0.15) is 24.3 Å². The van der Waals surface area contributed by atoms with E-state index in [1.165, 1.54) is 18.4 Å². The lowest BCUT2D eigenvalue weighted by atomic mass is 9.88. The maximum absolute atomic E-state index is 5.68. The molecule has 0 spiro atoms. The van der Waals surface area contributed by atoms with Gasteiger partial charge in [0.2, 0.25) is 0 Å². The Balaban J connectivity index is 1.88. The molecule has 1 saturated heterocycles. The second kappa shape index (κ2) is 5.77. The van der Waals surface area contributed by atoms with Crippen LogP contribution in [-0.4, -0.2) is 42.3 Å². The summed E-state index contributed by atoms with van der Waals surface area (Å²) in [4.78, 5) is 2.38. The van der Waals surface area contributed by atoms with Gasteiger partial charge in [-0.05, 0) is 56.6 Å². The summed E-state index contributed by atoms with van der Waals surface area (Å²) in [6, 6.07) is 8.28. The van der Waals surface area contributed by atoms with Gasteiger partial charge in [-0.2, -0.15) is 5.10 Å². The van der Waals surface area contributed by atoms with Crippen molar-refractivity contribution in [1.82, 2.24) is 15.1 Å². The number of nitrogens with one attached hydrogen (secondary N) is 1. The predicted molar refractivity (Wildman–Crippen MR) is 84.5 cm³/mol. The zero-order valence-corrected chi connectivity index (χ0v) is 12.6. The summed E-state index contributed by atoms with van der Waals surface area (Å²) >= 11 is 0. The summed E-state index contributed by atoms with van der Waals surface area (Å²) in [5.74, 6) is 1.98. The van der Waals surface area contributed by atoms with Crippen molar-refractivity contribution in [3.63, 3.8) is 0 Å². The number of nitrogens with two attached hydrogens (primary N) is 1. The molecule has 0 bridgehead atoms. The number of anilines is 1. The molecule has 0 aliphatic carbocycles. The van der Waals surface area contributed by atoms with Gasteiger partial charge < -0.3 is 15.4 Å². The van der Waals surface area contributed by atoms with Gasteiger partial charge >= 0.3 is 0 Å². The first-order valence-electron chi connectivity index (χ1n) is 7.35. The van der Waals surface area contributed by atoms with E-state index < -0.39 is 0 Å². The highest BCUT2D eigenvalue weighted by atomic mass is 16.5. The van der Waals surface area contributed by atoms with Crippen LogP contribution in [0.3, 0.4) is 0 Å². The number of methoxy groups -OCH3 is 1. The number of hydrogen-bond donors (Lipinski definition) is 2. The van der Waals surface area contributed by atoms with Crippen molar-refractivity contribution in [2.75, 3.05) is 33.0 Å². The Labute approximate surface area is 125 Å². The maximum Gasteiger partial charge on any atom is 0.145 e. The third kappa shape index (κ3) is 2.88. The number of ether oxygens (including phenoxy) is 1. The Morgan fingerprint density at radius 1 is 1.29 bits per heavy atom. The Hall–Kier alpha value is -2.01. The standard InChI is InChI=1S/C16H22N4O/c1-20-7-5-11(6-8-20)12-3-4-13(15(9-12)21-2)14-10-16(17)19-18-14/h3-4,9-11H,5-8H2,1-2H3,(H3,17,18,19). The number of aromatic nitrogens is 2. The fourth-order valence-electron chi connectivity index (χ4n) is 3.00. The molecule has 112 valence electrons. The highest BCUT2D eigenvalue weighted by Crippen LogP contribution is 2.35. The highest BCUT2D eigenvalue weighted by molar-refractivity contribution is 5.69. The van der Waals surface area contributed by atoms with E-state index in [-0.39, 0.29) is 0 Å². The molecule has 2 aromatic rings. The van der Waals surface area contributed by atoms with Crippen molar-refractivity contribution in [3.8, 4) is 17.0 Å². The number of aromatic amines is 1. The first-order chi connectivity index (χ1) is 10.2. The van der Waals surface area contributed by atoms with E-state index in [4.69, 9.17) is 10.5 Å². The quantitative estimate of drug-likeness (QED) is 0.909. The van der Waals surface area contributed by atoms with Crippen molar-refractivity contribution in [3.05, 3.63) is 29.8 Å². The van der Waals surface area contributed by atoms with Crippen LogP contribution in [-0.2, 0) is 0 Å². The number of hydrogen-bond acceptors (Lipinski definition) is 4. The van der Waals surface area contributed by atoms with Gasteiger partial charge in [-0.1, -0.05) is 6.07 Å². The number of nitrogens with zero attached hydrogens (tertiary/aromatic N) is 2. The minimum Gasteiger partial charge on any atom is -0.496 e. The minimum absolute atomic E-state index is 0.492. The normalized spacial score (nSPS) is 17.0. The molecule has 1 aliphatic heterocycles. The molecule has 5 heteroatoms. The van der Waals surface area contributed by atoms with E-state index >= 15 is 0 Å². The predicted octanol–water partition coefficient (Wildman–Crippen LogP) is 2.48. The SMILES string of the molecule is COc1cc(C2CCN(C)CC2)ccc1-c1cc(N)n[nH]1. The number of likely N-dealkylation sites (tertiary alicyclic amines) is 1. The van der Waals surface area contributed by atoms with Gasteiger partial charge in [-0.15, -0.1) is 0 Å². The first kappa shape index (κ1) is 13.9. The molecule has 1 fully saturated rings. The summed E-state index contributed by atoms with van der Waals surface area (Å²) in [6.07, 6.45) is 2.41. The average Bonchev–Trinajstić information content (AvgIpc) is 2.94. The number of H-pyrrole nitrogens is 1. The van der Waals surface area contributed by atoms with Gasteiger partial charge in [-0.3, -0.25) is 5.10 Å². The van der Waals surface area contributed by atoms with Gasteiger partial charge in [0.25, 0.3) is 0 Å². The summed E-state index contributed by atoms with van der Waals surface area (Å²) in [7, 11) is 3.89. The lowest BCUT2D eigenvalue weighted by Crippen LogP contribution is -2.29. The monoisotopic (exact) mass is 286 g/mol. The third-order valence-electron chi connectivity index (χ3n) is 4.30. The van der Waals surface area contributed by atoms with Crippen molar-refractivity contribution in [1.29, 1.82) is 0 Å². The summed E-state index contributed by atoms with van der Waals surface area (Å²) in [5.41, 5.74) is 8.92. The van der Waals surface area contributed by atoms with Gasteiger partial charge in [0.05, 0.1) is 12.8 Å². The van der Waals surface area contributed by atoms with Crippen molar-refractivity contribution in [2.24, 2.45) is 0 Å². The number of rotatable bonds is 3. The summed E-state index contributed by atoms with van der Waals surface area (Å²) in [5, 5.41) is 6.92. The molecule has 1 aliphatic rings. The Kier molecular flexibility index (Phi) is 3.84. The zero-order valence-electron chi connectivity index (χ0n) is 12.6. The fraction of sp³-hybridized carbons (Fsp3) is 0.438. The van der Waals surface area contributed by atoms with E-state index in [2.05, 4.69) is 40.3 Å². The number of piperidine rings is 1. The molecule has 0 atom stereocenters. The van der Waals surface area contributed by atoms with E-state index in [0.717, 1.165) is 30.1 Å². The van der Waals surface area contributed by atoms with Crippen molar-refractivity contribution in [2.45, 2.75) is 18.8 Å². The molecule has 2 heterocycles. The Bertz CT molecular complexity index is 614. The van der Waals surface area contributed by atoms with Crippen LogP contribution in [0.5, 0.6) is 5.75 Å². The largest absolute Gasteiger partial charge is 0.496 e. The van der Waals surface area contributed by atoms with Gasteiger partial charge in [0.1, 0.15) is 11.6 Å². The molecular formula is C16H22N4O. The summed E-state index contributed by atoms with van der Waals surface area (Å²) in [6.45, 7) is 2.32. The van der Waals surface area contributed by atoms with Crippen molar-refractivity contribution < 1.29 is 4.74 Å². The zero-order chi connectivity index (χ0) is 14.8. The average molecular weight is 286 g/mol. The Morgan fingerprint density at radius 3 is 2.67 bits per heavy atom. The second-order valence-electron chi connectivity index (χ2n) is 5.74. The van der Waals surface area contributed by atoms with Gasteiger partial charge in [-0.25, -0.2) is 0 Å². The topological polar surface area (TPSA) is 67.2 Å². The molecule has 0 unspecified atom stereocenters. The van der Waals surface area contributed by atoms with Crippen LogP contribution in [0, 0.1) is 0 Å². The van der Waals surface area contributed by atoms with Crippen molar-refractivity contribution >= 4 is 5.82 Å². The van der Waals surface area contributed by atoms with Crippen LogP contribution in [0.4, 0.5) is 5.82 Å². The van der Waals surface area contributed by atoms with E-state index in [0.29, 0.717) is 11.7 Å². The minimum atomic E-state index is 0.492.